The highest BCUT2D eigenvalue weighted by molar-refractivity contribution is 6.30. The summed E-state index contributed by atoms with van der Waals surface area (Å²) in [6.45, 7) is 7.14. The molecular formula is C13H20ClFN2. The number of aromatic nitrogens is 1. The number of hydrogen-bond acceptors (Lipinski definition) is 2. The summed E-state index contributed by atoms with van der Waals surface area (Å²) in [5.41, 5.74) is 0. The summed E-state index contributed by atoms with van der Waals surface area (Å²) in [6.07, 6.45) is 4.59. The van der Waals surface area contributed by atoms with Crippen molar-refractivity contribution in [2.45, 2.75) is 46.1 Å². The molecule has 1 atom stereocenters. The lowest BCUT2D eigenvalue weighted by Gasteiger charge is -2.29. The first-order valence-corrected chi connectivity index (χ1v) is 6.55. The van der Waals surface area contributed by atoms with Gasteiger partial charge in [-0.15, -0.1) is 0 Å². The van der Waals surface area contributed by atoms with E-state index in [1.165, 1.54) is 12.3 Å². The highest BCUT2D eigenvalue weighted by Crippen LogP contribution is 2.22. The first kappa shape index (κ1) is 14.2. The molecule has 1 aromatic rings. The quantitative estimate of drug-likeness (QED) is 0.757. The molecular weight excluding hydrogens is 239 g/mol. The topological polar surface area (TPSA) is 16.1 Å². The van der Waals surface area contributed by atoms with Crippen molar-refractivity contribution < 1.29 is 4.39 Å². The molecule has 0 aromatic carbocycles. The number of anilines is 1. The van der Waals surface area contributed by atoms with Crippen LogP contribution in [0.25, 0.3) is 0 Å². The second-order valence-corrected chi connectivity index (χ2v) is 4.70. The molecule has 1 aromatic heterocycles. The van der Waals surface area contributed by atoms with E-state index in [1.807, 2.05) is 4.90 Å². The van der Waals surface area contributed by atoms with Crippen molar-refractivity contribution in [1.82, 2.24) is 4.98 Å². The predicted octanol–water partition coefficient (Wildman–Crippen LogP) is 4.28. The van der Waals surface area contributed by atoms with Crippen LogP contribution in [0.5, 0.6) is 0 Å². The molecule has 1 unspecified atom stereocenters. The summed E-state index contributed by atoms with van der Waals surface area (Å²) >= 11 is 5.72. The third-order valence-electron chi connectivity index (χ3n) is 2.94. The monoisotopic (exact) mass is 258 g/mol. The van der Waals surface area contributed by atoms with Gasteiger partial charge in [0.25, 0.3) is 0 Å². The lowest BCUT2D eigenvalue weighted by molar-refractivity contribution is 0.555. The van der Waals surface area contributed by atoms with Crippen LogP contribution >= 0.6 is 11.6 Å². The van der Waals surface area contributed by atoms with Crippen LogP contribution in [0, 0.1) is 5.82 Å². The van der Waals surface area contributed by atoms with E-state index in [-0.39, 0.29) is 11.9 Å². The summed E-state index contributed by atoms with van der Waals surface area (Å²) in [4.78, 5) is 6.14. The summed E-state index contributed by atoms with van der Waals surface area (Å²) in [7, 11) is 0. The minimum absolute atomic E-state index is 0.282. The summed E-state index contributed by atoms with van der Waals surface area (Å²) < 4.78 is 13.8. The van der Waals surface area contributed by atoms with E-state index in [0.29, 0.717) is 10.8 Å². The first-order chi connectivity index (χ1) is 8.10. The van der Waals surface area contributed by atoms with Crippen molar-refractivity contribution in [3.63, 3.8) is 0 Å². The molecule has 2 nitrogen and oxygen atoms in total. The maximum Gasteiger partial charge on any atom is 0.167 e. The van der Waals surface area contributed by atoms with Crippen LogP contribution in [-0.2, 0) is 0 Å². The SMILES string of the molecule is CCCCN(c1ncc(Cl)cc1F)C(C)CC. The van der Waals surface area contributed by atoms with Crippen molar-refractivity contribution in [2.24, 2.45) is 0 Å². The summed E-state index contributed by atoms with van der Waals surface area (Å²) in [5, 5.41) is 0.339. The average Bonchev–Trinajstić information content (AvgIpc) is 2.31. The standard InChI is InChI=1S/C13H20ClFN2/c1-4-6-7-17(10(3)5-2)13-12(15)8-11(14)9-16-13/h8-10H,4-7H2,1-3H3. The maximum atomic E-state index is 13.8. The fourth-order valence-electron chi connectivity index (χ4n) is 1.70. The molecule has 0 aliphatic rings. The molecule has 0 amide bonds. The van der Waals surface area contributed by atoms with Crippen LogP contribution in [0.4, 0.5) is 10.2 Å². The number of unbranched alkanes of at least 4 members (excludes halogenated alkanes) is 1. The van der Waals surface area contributed by atoms with Gasteiger partial charge in [-0.05, 0) is 25.8 Å². The molecule has 1 heterocycles. The van der Waals surface area contributed by atoms with Gasteiger partial charge in [0.05, 0.1) is 5.02 Å². The maximum absolute atomic E-state index is 13.8. The van der Waals surface area contributed by atoms with Gasteiger partial charge in [-0.25, -0.2) is 9.37 Å². The van der Waals surface area contributed by atoms with E-state index in [1.54, 1.807) is 0 Å². The van der Waals surface area contributed by atoms with Crippen molar-refractivity contribution in [3.8, 4) is 0 Å². The summed E-state index contributed by atoms with van der Waals surface area (Å²) in [6, 6.07) is 1.61. The largest absolute Gasteiger partial charge is 0.351 e. The van der Waals surface area contributed by atoms with Gasteiger partial charge in [-0.1, -0.05) is 31.9 Å². The molecule has 0 radical (unpaired) electrons. The molecule has 17 heavy (non-hydrogen) atoms. The van der Waals surface area contributed by atoms with Crippen molar-refractivity contribution in [3.05, 3.63) is 23.1 Å². The molecule has 0 saturated carbocycles. The van der Waals surface area contributed by atoms with Crippen molar-refractivity contribution in [1.29, 1.82) is 0 Å². The number of hydrogen-bond donors (Lipinski definition) is 0. The number of rotatable bonds is 6. The normalized spacial score (nSPS) is 12.5. The Labute approximate surface area is 108 Å². The smallest absolute Gasteiger partial charge is 0.167 e. The lowest BCUT2D eigenvalue weighted by Crippen LogP contribution is -2.34. The van der Waals surface area contributed by atoms with Crippen LogP contribution in [0.1, 0.15) is 40.0 Å². The Morgan fingerprint density at radius 2 is 2.18 bits per heavy atom. The van der Waals surface area contributed by atoms with E-state index in [0.717, 1.165) is 25.8 Å². The van der Waals surface area contributed by atoms with Gasteiger partial charge in [-0.2, -0.15) is 0 Å². The molecule has 96 valence electrons. The van der Waals surface area contributed by atoms with Crippen LogP contribution in [0.2, 0.25) is 5.02 Å². The van der Waals surface area contributed by atoms with Gasteiger partial charge in [0.15, 0.2) is 11.6 Å². The van der Waals surface area contributed by atoms with E-state index in [4.69, 9.17) is 11.6 Å². The fourth-order valence-corrected chi connectivity index (χ4v) is 1.85. The van der Waals surface area contributed by atoms with Gasteiger partial charge in [0.1, 0.15) is 0 Å². The van der Waals surface area contributed by atoms with Crippen molar-refractivity contribution in [2.75, 3.05) is 11.4 Å². The number of nitrogens with zero attached hydrogens (tertiary/aromatic N) is 2. The zero-order valence-electron chi connectivity index (χ0n) is 10.7. The molecule has 0 saturated heterocycles. The van der Waals surface area contributed by atoms with E-state index < -0.39 is 0 Å². The molecule has 0 aliphatic heterocycles. The Morgan fingerprint density at radius 3 is 2.71 bits per heavy atom. The second-order valence-electron chi connectivity index (χ2n) is 4.26. The summed E-state index contributed by atoms with van der Waals surface area (Å²) in [5.74, 6) is 0.0751. The third kappa shape index (κ3) is 3.84. The minimum Gasteiger partial charge on any atom is -0.351 e. The third-order valence-corrected chi connectivity index (χ3v) is 3.14. The molecule has 0 spiro atoms. The van der Waals surface area contributed by atoms with Crippen LogP contribution < -0.4 is 4.90 Å². The zero-order valence-corrected chi connectivity index (χ0v) is 11.5. The lowest BCUT2D eigenvalue weighted by atomic mass is 10.2. The Hall–Kier alpha value is -0.830. The van der Waals surface area contributed by atoms with Gasteiger partial charge in [0.2, 0.25) is 0 Å². The van der Waals surface area contributed by atoms with E-state index in [2.05, 4.69) is 25.8 Å². The minimum atomic E-state index is -0.339. The molecule has 1 rings (SSSR count). The highest BCUT2D eigenvalue weighted by atomic mass is 35.5. The highest BCUT2D eigenvalue weighted by Gasteiger charge is 2.17. The Morgan fingerprint density at radius 1 is 1.47 bits per heavy atom. The predicted molar refractivity (Wildman–Crippen MR) is 71.2 cm³/mol. The van der Waals surface area contributed by atoms with Gasteiger partial charge >= 0.3 is 0 Å². The molecule has 0 bridgehead atoms. The average molecular weight is 259 g/mol. The van der Waals surface area contributed by atoms with Gasteiger partial charge in [-0.3, -0.25) is 0 Å². The molecule has 0 N–H and O–H groups in total. The second kappa shape index (κ2) is 6.80. The Balaban J connectivity index is 2.95. The fraction of sp³-hybridized carbons (Fsp3) is 0.615. The van der Waals surface area contributed by atoms with E-state index in [9.17, 15) is 4.39 Å². The Bertz CT molecular complexity index is 357. The van der Waals surface area contributed by atoms with Gasteiger partial charge in [0, 0.05) is 18.8 Å². The number of pyridine rings is 1. The first-order valence-electron chi connectivity index (χ1n) is 6.17. The molecule has 0 fully saturated rings. The number of halogens is 2. The van der Waals surface area contributed by atoms with Crippen LogP contribution in [0.3, 0.4) is 0 Å². The van der Waals surface area contributed by atoms with Crippen molar-refractivity contribution >= 4 is 17.4 Å². The van der Waals surface area contributed by atoms with Gasteiger partial charge < -0.3 is 4.90 Å². The van der Waals surface area contributed by atoms with Crippen LogP contribution in [0.15, 0.2) is 12.3 Å². The molecule has 0 aliphatic carbocycles. The van der Waals surface area contributed by atoms with Crippen LogP contribution in [-0.4, -0.2) is 17.6 Å². The Kier molecular flexibility index (Phi) is 5.69. The molecule has 4 heteroatoms. The van der Waals surface area contributed by atoms with E-state index >= 15 is 0 Å². The zero-order chi connectivity index (χ0) is 12.8.